The summed E-state index contributed by atoms with van der Waals surface area (Å²) in [5.41, 5.74) is 0. The molecule has 1 atom stereocenters. The molecule has 92 valence electrons. The Bertz CT molecular complexity index is 199. The van der Waals surface area contributed by atoms with Crippen molar-refractivity contribution in [3.05, 3.63) is 12.7 Å². The zero-order chi connectivity index (χ0) is 13.1. The van der Waals surface area contributed by atoms with Crippen molar-refractivity contribution in [3.8, 4) is 0 Å². The van der Waals surface area contributed by atoms with E-state index >= 15 is 0 Å². The molecule has 15 heavy (non-hydrogen) atoms. The van der Waals surface area contributed by atoms with Crippen molar-refractivity contribution in [2.75, 3.05) is 6.61 Å². The van der Waals surface area contributed by atoms with Gasteiger partial charge in [-0.2, -0.15) is 0 Å². The highest BCUT2D eigenvalue weighted by molar-refractivity contribution is 7.45. The second kappa shape index (κ2) is 11.3. The molecule has 0 radical (unpaired) electrons. The molecule has 0 saturated heterocycles. The molecule has 9 heteroatoms. The first-order chi connectivity index (χ1) is 6.54. The molecule has 0 aliphatic rings. The Hall–Kier alpha value is -0.760. The molecule has 0 spiro atoms. The minimum atomic E-state index is -4.64. The predicted molar refractivity (Wildman–Crippen MR) is 50.9 cm³/mol. The lowest BCUT2D eigenvalue weighted by atomic mass is 10.5. The molecule has 0 rings (SSSR count). The average Bonchev–Trinajstić information content (AvgIpc) is 2.02. The number of aliphatic carboxylic acids is 1. The van der Waals surface area contributed by atoms with E-state index in [2.05, 4.69) is 6.58 Å². The van der Waals surface area contributed by atoms with E-state index in [1.807, 2.05) is 0 Å². The van der Waals surface area contributed by atoms with E-state index in [9.17, 15) is 4.79 Å². The van der Waals surface area contributed by atoms with Crippen molar-refractivity contribution in [1.82, 2.24) is 0 Å². The minimum absolute atomic E-state index is 0.139. The fraction of sp³-hybridized carbons (Fsp3) is 0.500. The van der Waals surface area contributed by atoms with Gasteiger partial charge >= 0.3 is 13.8 Å². The second-order valence-corrected chi connectivity index (χ2v) is 3.11. The number of hydrogen-bond donors (Lipinski definition) is 6. The van der Waals surface area contributed by atoms with Crippen LogP contribution in [0.1, 0.15) is 6.92 Å². The van der Waals surface area contributed by atoms with Gasteiger partial charge in [0, 0.05) is 6.08 Å². The van der Waals surface area contributed by atoms with Crippen LogP contribution in [0.3, 0.4) is 0 Å². The summed E-state index contributed by atoms with van der Waals surface area (Å²) in [7, 11) is -4.64. The first-order valence-electron chi connectivity index (χ1n) is 3.47. The van der Waals surface area contributed by atoms with Crippen LogP contribution in [0.4, 0.5) is 0 Å². The van der Waals surface area contributed by atoms with Crippen LogP contribution < -0.4 is 0 Å². The summed E-state index contributed by atoms with van der Waals surface area (Å²) in [5.74, 6) is -0.981. The molecule has 0 aliphatic carbocycles. The van der Waals surface area contributed by atoms with Gasteiger partial charge in [0.25, 0.3) is 0 Å². The first kappa shape index (κ1) is 19.8. The first-order valence-corrected chi connectivity index (χ1v) is 5.03. The number of aliphatic hydroxyl groups excluding tert-OH is 2. The number of aliphatic hydroxyl groups is 2. The summed E-state index contributed by atoms with van der Waals surface area (Å²) in [6.45, 7) is 4.35. The Labute approximate surface area is 86.4 Å². The zero-order valence-corrected chi connectivity index (χ0v) is 8.91. The second-order valence-electron chi connectivity index (χ2n) is 2.09. The van der Waals surface area contributed by atoms with E-state index in [1.165, 1.54) is 6.92 Å². The Morgan fingerprint density at radius 3 is 1.60 bits per heavy atom. The van der Waals surface area contributed by atoms with Crippen LogP contribution in [0.2, 0.25) is 0 Å². The van der Waals surface area contributed by atoms with E-state index in [0.717, 1.165) is 6.08 Å². The SMILES string of the molecule is C=CC(=O)O.CC(O)CO.O=P(O)(O)O. The molecule has 6 N–H and O–H groups in total. The van der Waals surface area contributed by atoms with Gasteiger partial charge in [-0.25, -0.2) is 9.36 Å². The van der Waals surface area contributed by atoms with Gasteiger partial charge in [-0.1, -0.05) is 6.58 Å². The Balaban J connectivity index is -0.000000144. The van der Waals surface area contributed by atoms with Gasteiger partial charge in [-0.15, -0.1) is 0 Å². The molecule has 0 heterocycles. The van der Waals surface area contributed by atoms with Crippen LogP contribution >= 0.6 is 7.82 Å². The lowest BCUT2D eigenvalue weighted by Crippen LogP contribution is -2.03. The molecule has 8 nitrogen and oxygen atoms in total. The third-order valence-corrected chi connectivity index (χ3v) is 0.439. The average molecular weight is 246 g/mol. The third-order valence-electron chi connectivity index (χ3n) is 0.439. The highest BCUT2D eigenvalue weighted by Crippen LogP contribution is 2.25. The summed E-state index contributed by atoms with van der Waals surface area (Å²) in [5, 5.41) is 23.6. The van der Waals surface area contributed by atoms with Crippen molar-refractivity contribution >= 4 is 13.8 Å². The van der Waals surface area contributed by atoms with E-state index in [-0.39, 0.29) is 6.61 Å². The van der Waals surface area contributed by atoms with Crippen LogP contribution in [0.15, 0.2) is 12.7 Å². The molecule has 0 aromatic rings. The molecule has 0 aromatic heterocycles. The highest BCUT2D eigenvalue weighted by Gasteiger charge is 2.00. The number of phosphoric acid groups is 1. The van der Waals surface area contributed by atoms with Crippen molar-refractivity contribution < 1.29 is 39.4 Å². The monoisotopic (exact) mass is 246 g/mol. The number of carboxylic acid groups (broad SMARTS) is 1. The summed E-state index contributed by atoms with van der Waals surface area (Å²) in [4.78, 5) is 30.8. The standard InChI is InChI=1S/C3H8O2.C3H4O2.H3O4P/c1-3(5)2-4;1-2-3(4)5;1-5(2,3)4/h3-5H,2H2,1H3;2H,1H2,(H,4,5);(H3,1,2,3,4). The molecule has 0 aliphatic heterocycles. The van der Waals surface area contributed by atoms with Gasteiger partial charge < -0.3 is 30.0 Å². The molecule has 0 amide bonds. The van der Waals surface area contributed by atoms with Gasteiger partial charge in [-0.05, 0) is 6.92 Å². The van der Waals surface area contributed by atoms with Crippen LogP contribution in [0.25, 0.3) is 0 Å². The number of rotatable bonds is 2. The maximum Gasteiger partial charge on any atom is 0.466 e. The summed E-state index contributed by atoms with van der Waals surface area (Å²) < 4.78 is 8.88. The topological polar surface area (TPSA) is 156 Å². The van der Waals surface area contributed by atoms with Gasteiger partial charge in [0.1, 0.15) is 0 Å². The Morgan fingerprint density at radius 1 is 1.47 bits per heavy atom. The maximum atomic E-state index is 9.25. The summed E-state index contributed by atoms with van der Waals surface area (Å²) in [6.07, 6.45) is 0.273. The lowest BCUT2D eigenvalue weighted by molar-refractivity contribution is -0.131. The lowest BCUT2D eigenvalue weighted by Gasteiger charge is -1.90. The summed E-state index contributed by atoms with van der Waals surface area (Å²) in [6, 6.07) is 0. The fourth-order valence-corrected chi connectivity index (χ4v) is 0. The highest BCUT2D eigenvalue weighted by atomic mass is 31.2. The molecule has 0 aromatic carbocycles. The quantitative estimate of drug-likeness (QED) is 0.259. The van der Waals surface area contributed by atoms with Crippen LogP contribution in [0.5, 0.6) is 0 Å². The van der Waals surface area contributed by atoms with E-state index in [4.69, 9.17) is 34.6 Å². The molecule has 0 fully saturated rings. The largest absolute Gasteiger partial charge is 0.478 e. The van der Waals surface area contributed by atoms with E-state index < -0.39 is 19.9 Å². The fourth-order valence-electron chi connectivity index (χ4n) is 0. The smallest absolute Gasteiger partial charge is 0.466 e. The molecule has 0 bridgehead atoms. The van der Waals surface area contributed by atoms with Gasteiger partial charge in [-0.3, -0.25) is 0 Å². The predicted octanol–water partition coefficient (Wildman–Crippen LogP) is -1.31. The van der Waals surface area contributed by atoms with E-state index in [0.29, 0.717) is 0 Å². The van der Waals surface area contributed by atoms with Gasteiger partial charge in [0.05, 0.1) is 12.7 Å². The zero-order valence-electron chi connectivity index (χ0n) is 8.02. The van der Waals surface area contributed by atoms with Gasteiger partial charge in [0.2, 0.25) is 0 Å². The third kappa shape index (κ3) is 159. The minimum Gasteiger partial charge on any atom is -0.478 e. The molecular formula is C6H15O8P. The number of carboxylic acids is 1. The number of hydrogen-bond acceptors (Lipinski definition) is 4. The van der Waals surface area contributed by atoms with Crippen molar-refractivity contribution in [1.29, 1.82) is 0 Å². The van der Waals surface area contributed by atoms with Crippen LogP contribution in [-0.2, 0) is 9.36 Å². The van der Waals surface area contributed by atoms with Crippen LogP contribution in [0, 0.1) is 0 Å². The Morgan fingerprint density at radius 2 is 1.60 bits per heavy atom. The van der Waals surface area contributed by atoms with Crippen molar-refractivity contribution in [2.24, 2.45) is 0 Å². The number of carbonyl (C=O) groups is 1. The van der Waals surface area contributed by atoms with Crippen molar-refractivity contribution in [2.45, 2.75) is 13.0 Å². The molecular weight excluding hydrogens is 231 g/mol. The Kier molecular flexibility index (Phi) is 14.9. The molecule has 1 unspecified atom stereocenters. The van der Waals surface area contributed by atoms with Crippen LogP contribution in [-0.4, -0.2) is 48.7 Å². The maximum absolute atomic E-state index is 9.25. The normalized spacial score (nSPS) is 11.1. The van der Waals surface area contributed by atoms with E-state index in [1.54, 1.807) is 0 Å². The van der Waals surface area contributed by atoms with Gasteiger partial charge in [0.15, 0.2) is 0 Å². The molecule has 0 saturated carbocycles. The summed E-state index contributed by atoms with van der Waals surface area (Å²) >= 11 is 0. The van der Waals surface area contributed by atoms with Crippen molar-refractivity contribution in [3.63, 3.8) is 0 Å².